The van der Waals surface area contributed by atoms with Gasteiger partial charge in [-0.2, -0.15) is 0 Å². The molecule has 0 aliphatic heterocycles. The number of hydrogen-bond donors (Lipinski definition) is 3. The molecule has 0 saturated heterocycles. The average Bonchev–Trinajstić information content (AvgIpc) is 2.59. The molecule has 0 aliphatic rings. The smallest absolute Gasteiger partial charge is 0.338 e. The van der Waals surface area contributed by atoms with Gasteiger partial charge in [0, 0.05) is 25.2 Å². The maximum Gasteiger partial charge on any atom is 0.338 e. The van der Waals surface area contributed by atoms with E-state index in [-0.39, 0.29) is 29.8 Å². The van der Waals surface area contributed by atoms with Gasteiger partial charge in [0.05, 0.1) is 24.4 Å². The van der Waals surface area contributed by atoms with Gasteiger partial charge in [-0.1, -0.05) is 41.5 Å². The largest absolute Gasteiger partial charge is 0.507 e. The van der Waals surface area contributed by atoms with Gasteiger partial charge in [0.1, 0.15) is 5.75 Å². The average molecular weight is 425 g/mol. The van der Waals surface area contributed by atoms with Crippen LogP contribution in [0.3, 0.4) is 0 Å². The fourth-order valence-corrected chi connectivity index (χ4v) is 3.20. The summed E-state index contributed by atoms with van der Waals surface area (Å²) < 4.78 is 11.0. The van der Waals surface area contributed by atoms with Crippen LogP contribution in [0.2, 0.25) is 0 Å². The second-order valence-electron chi connectivity index (χ2n) is 10.2. The molecular formula is C24H40O6. The minimum absolute atomic E-state index is 0.0232. The van der Waals surface area contributed by atoms with Crippen LogP contribution in [0.4, 0.5) is 0 Å². The van der Waals surface area contributed by atoms with E-state index in [0.717, 1.165) is 5.56 Å². The first-order valence-corrected chi connectivity index (χ1v) is 10.7. The number of aliphatic hydroxyl groups is 2. The van der Waals surface area contributed by atoms with E-state index in [4.69, 9.17) is 14.6 Å². The number of hydrogen-bond acceptors (Lipinski definition) is 6. The van der Waals surface area contributed by atoms with Gasteiger partial charge in [-0.15, -0.1) is 0 Å². The Bertz CT molecular complexity index is 682. The number of aliphatic hydroxyl groups excluding tert-OH is 2. The molecular weight excluding hydrogens is 384 g/mol. The summed E-state index contributed by atoms with van der Waals surface area (Å²) in [4.78, 5) is 12.7. The number of aromatic hydroxyl groups is 1. The fraction of sp³-hybridized carbons (Fsp3) is 0.708. The summed E-state index contributed by atoms with van der Waals surface area (Å²) in [5.41, 5.74) is 1.48. The number of phenols is 1. The number of ether oxygens (including phenoxy) is 2. The van der Waals surface area contributed by atoms with Crippen molar-refractivity contribution in [1.29, 1.82) is 0 Å². The van der Waals surface area contributed by atoms with Gasteiger partial charge in [-0.3, -0.25) is 0 Å². The summed E-state index contributed by atoms with van der Waals surface area (Å²) in [5, 5.41) is 29.5. The molecule has 6 heteroatoms. The number of phenolic OH excluding ortho intramolecular Hbond substituents is 1. The zero-order valence-corrected chi connectivity index (χ0v) is 19.6. The quantitative estimate of drug-likeness (QED) is 0.388. The summed E-state index contributed by atoms with van der Waals surface area (Å²) in [6, 6.07) is 3.41. The van der Waals surface area contributed by atoms with Crippen molar-refractivity contribution in [3.8, 4) is 5.75 Å². The summed E-state index contributed by atoms with van der Waals surface area (Å²) in [5.74, 6) is -0.226. The van der Waals surface area contributed by atoms with Crippen molar-refractivity contribution in [1.82, 2.24) is 0 Å². The van der Waals surface area contributed by atoms with E-state index in [2.05, 4.69) is 20.8 Å². The van der Waals surface area contributed by atoms with Crippen molar-refractivity contribution in [2.75, 3.05) is 19.8 Å². The van der Waals surface area contributed by atoms with Gasteiger partial charge in [0.2, 0.25) is 0 Å². The Morgan fingerprint density at radius 2 is 1.73 bits per heavy atom. The molecule has 0 radical (unpaired) electrons. The van der Waals surface area contributed by atoms with Gasteiger partial charge in [-0.25, -0.2) is 4.79 Å². The van der Waals surface area contributed by atoms with E-state index in [1.54, 1.807) is 19.1 Å². The van der Waals surface area contributed by atoms with E-state index in [1.807, 2.05) is 20.8 Å². The highest BCUT2D eigenvalue weighted by atomic mass is 16.5. The third-order valence-electron chi connectivity index (χ3n) is 4.76. The van der Waals surface area contributed by atoms with Crippen LogP contribution in [0.1, 0.15) is 82.8 Å². The molecule has 0 spiro atoms. The number of carbonyl (C=O) groups is 1. The van der Waals surface area contributed by atoms with Crippen molar-refractivity contribution in [2.24, 2.45) is 5.41 Å². The highest BCUT2D eigenvalue weighted by Crippen LogP contribution is 2.37. The number of benzene rings is 1. The molecule has 1 unspecified atom stereocenters. The first-order valence-electron chi connectivity index (χ1n) is 10.7. The topological polar surface area (TPSA) is 96.2 Å². The Balaban J connectivity index is 2.96. The first kappa shape index (κ1) is 26.4. The molecule has 1 aromatic rings. The second kappa shape index (κ2) is 11.1. The lowest BCUT2D eigenvalue weighted by Crippen LogP contribution is -2.29. The molecule has 0 amide bonds. The minimum Gasteiger partial charge on any atom is -0.507 e. The van der Waals surface area contributed by atoms with Gasteiger partial charge in [0.25, 0.3) is 0 Å². The van der Waals surface area contributed by atoms with E-state index in [0.29, 0.717) is 37.0 Å². The van der Waals surface area contributed by atoms with Crippen molar-refractivity contribution in [2.45, 2.75) is 85.4 Å². The lowest BCUT2D eigenvalue weighted by atomic mass is 9.80. The molecule has 6 nitrogen and oxygen atoms in total. The predicted octanol–water partition coefficient (Wildman–Crippen LogP) is 3.97. The SMILES string of the molecule is C[C@H](O)C(CCOC(=O)c1cc(CC(C)(C)C)c(O)c(C(C)(C)C)c1)OCCCO. The third-order valence-corrected chi connectivity index (χ3v) is 4.76. The maximum atomic E-state index is 12.7. The van der Waals surface area contributed by atoms with Gasteiger partial charge >= 0.3 is 5.97 Å². The van der Waals surface area contributed by atoms with E-state index in [9.17, 15) is 15.0 Å². The molecule has 172 valence electrons. The Labute approximate surface area is 181 Å². The zero-order chi connectivity index (χ0) is 23.1. The van der Waals surface area contributed by atoms with E-state index < -0.39 is 18.2 Å². The summed E-state index contributed by atoms with van der Waals surface area (Å²) in [6.07, 6.45) is 0.301. The summed E-state index contributed by atoms with van der Waals surface area (Å²) >= 11 is 0. The van der Waals surface area contributed by atoms with E-state index >= 15 is 0 Å². The highest BCUT2D eigenvalue weighted by molar-refractivity contribution is 5.90. The third kappa shape index (κ3) is 8.62. The Morgan fingerprint density at radius 1 is 1.10 bits per heavy atom. The number of carbonyl (C=O) groups excluding carboxylic acids is 1. The molecule has 1 aromatic carbocycles. The number of esters is 1. The normalized spacial score (nSPS) is 14.4. The maximum absolute atomic E-state index is 12.7. The van der Waals surface area contributed by atoms with Crippen LogP contribution >= 0.6 is 0 Å². The van der Waals surface area contributed by atoms with Crippen molar-refractivity contribution in [3.63, 3.8) is 0 Å². The van der Waals surface area contributed by atoms with Crippen LogP contribution in [0, 0.1) is 5.41 Å². The molecule has 0 aromatic heterocycles. The molecule has 2 atom stereocenters. The van der Waals surface area contributed by atoms with Crippen molar-refractivity contribution in [3.05, 3.63) is 28.8 Å². The van der Waals surface area contributed by atoms with Crippen LogP contribution in [0.15, 0.2) is 12.1 Å². The lowest BCUT2D eigenvalue weighted by Gasteiger charge is -2.26. The Kier molecular flexibility index (Phi) is 9.79. The van der Waals surface area contributed by atoms with Crippen molar-refractivity contribution >= 4 is 5.97 Å². The van der Waals surface area contributed by atoms with Gasteiger partial charge < -0.3 is 24.8 Å². The first-order chi connectivity index (χ1) is 13.8. The molecule has 30 heavy (non-hydrogen) atoms. The van der Waals surface area contributed by atoms with E-state index in [1.165, 1.54) is 0 Å². The van der Waals surface area contributed by atoms with Crippen LogP contribution in [-0.2, 0) is 21.3 Å². The van der Waals surface area contributed by atoms with Crippen molar-refractivity contribution < 1.29 is 29.6 Å². The number of rotatable bonds is 10. The molecule has 1 rings (SSSR count). The van der Waals surface area contributed by atoms with Gasteiger partial charge in [-0.05, 0) is 48.3 Å². The predicted molar refractivity (Wildman–Crippen MR) is 118 cm³/mol. The molecule has 0 aliphatic carbocycles. The van der Waals surface area contributed by atoms with Crippen LogP contribution in [0.5, 0.6) is 5.75 Å². The standard InChI is InChI=1S/C24H40O6/c1-16(26)20(29-11-8-10-25)9-12-30-22(28)17-13-18(15-23(2,3)4)21(27)19(14-17)24(5,6)7/h13-14,16,20,25-27H,8-12,15H2,1-7H3/t16-,20?/m0/s1. The Hall–Kier alpha value is -1.63. The summed E-state index contributed by atoms with van der Waals surface area (Å²) in [6.45, 7) is 14.3. The summed E-state index contributed by atoms with van der Waals surface area (Å²) in [7, 11) is 0. The highest BCUT2D eigenvalue weighted by Gasteiger charge is 2.26. The monoisotopic (exact) mass is 424 g/mol. The van der Waals surface area contributed by atoms with Gasteiger partial charge in [0.15, 0.2) is 0 Å². The lowest BCUT2D eigenvalue weighted by molar-refractivity contribution is -0.0458. The van der Waals surface area contributed by atoms with Crippen LogP contribution < -0.4 is 0 Å². The zero-order valence-electron chi connectivity index (χ0n) is 19.6. The van der Waals surface area contributed by atoms with Crippen LogP contribution in [-0.4, -0.2) is 53.3 Å². The molecule has 3 N–H and O–H groups in total. The second-order valence-corrected chi connectivity index (χ2v) is 10.2. The molecule has 0 fully saturated rings. The molecule has 0 heterocycles. The fourth-order valence-electron chi connectivity index (χ4n) is 3.20. The molecule has 0 saturated carbocycles. The van der Waals surface area contributed by atoms with Crippen LogP contribution in [0.25, 0.3) is 0 Å². The minimum atomic E-state index is -0.707. The Morgan fingerprint density at radius 3 is 2.23 bits per heavy atom. The molecule has 0 bridgehead atoms.